The van der Waals surface area contributed by atoms with E-state index in [1.807, 2.05) is 6.07 Å². The first-order chi connectivity index (χ1) is 13.1. The third-order valence-corrected chi connectivity index (χ3v) is 5.78. The number of hydrogen-bond acceptors (Lipinski definition) is 7. The summed E-state index contributed by atoms with van der Waals surface area (Å²) in [4.78, 5) is 25.1. The van der Waals surface area contributed by atoms with Crippen molar-refractivity contribution in [3.63, 3.8) is 0 Å². The van der Waals surface area contributed by atoms with Gasteiger partial charge in [-0.25, -0.2) is 4.31 Å². The predicted octanol–water partition coefficient (Wildman–Crippen LogP) is 1.70. The van der Waals surface area contributed by atoms with Gasteiger partial charge in [0.15, 0.2) is 0 Å². The molecule has 28 heavy (non-hydrogen) atoms. The minimum Gasteiger partial charge on any atom is -0.384 e. The molecule has 0 unspecified atom stereocenters. The first-order valence-electron chi connectivity index (χ1n) is 9.13. The molecule has 1 fully saturated rings. The molecule has 0 radical (unpaired) electrons. The number of ether oxygens (including phenoxy) is 1. The molecule has 1 aliphatic rings. The van der Waals surface area contributed by atoms with Crippen LogP contribution in [0.2, 0.25) is 5.02 Å². The average molecular weight is 430 g/mol. The van der Waals surface area contributed by atoms with E-state index in [1.54, 1.807) is 37.2 Å². The molecule has 9 heteroatoms. The average Bonchev–Trinajstić information content (AvgIpc) is 2.65. The van der Waals surface area contributed by atoms with Crippen molar-refractivity contribution in [2.75, 3.05) is 19.8 Å². The molecule has 2 atom stereocenters. The molecular weight excluding hydrogens is 402 g/mol. The van der Waals surface area contributed by atoms with E-state index in [1.165, 1.54) is 0 Å². The van der Waals surface area contributed by atoms with Crippen LogP contribution in [0.3, 0.4) is 0 Å². The van der Waals surface area contributed by atoms with Gasteiger partial charge < -0.3 is 20.9 Å². The van der Waals surface area contributed by atoms with Gasteiger partial charge in [0.25, 0.3) is 0 Å². The van der Waals surface area contributed by atoms with Crippen LogP contribution in [0.1, 0.15) is 31.9 Å². The fourth-order valence-electron chi connectivity index (χ4n) is 2.68. The number of amides is 1. The number of benzene rings is 1. The number of nitrogens with zero attached hydrogens (tertiary/aromatic N) is 1. The summed E-state index contributed by atoms with van der Waals surface area (Å²) in [5, 5.41) is 13.3. The second-order valence-corrected chi connectivity index (χ2v) is 9.24. The third-order valence-electron chi connectivity index (χ3n) is 4.47. The molecule has 4 N–H and O–H groups in total. The van der Waals surface area contributed by atoms with E-state index in [0.717, 1.165) is 23.1 Å². The lowest BCUT2D eigenvalue weighted by molar-refractivity contribution is -0.129. The zero-order valence-electron chi connectivity index (χ0n) is 16.4. The molecule has 0 aromatic heterocycles. The molecule has 7 nitrogen and oxygen atoms in total. The van der Waals surface area contributed by atoms with Gasteiger partial charge in [-0.1, -0.05) is 38.4 Å². The Kier molecular flexibility index (Phi) is 8.30. The van der Waals surface area contributed by atoms with Crippen molar-refractivity contribution in [3.05, 3.63) is 34.3 Å². The van der Waals surface area contributed by atoms with Crippen LogP contribution in [0.25, 0.3) is 0 Å². The Morgan fingerprint density at radius 2 is 2.14 bits per heavy atom. The number of halogens is 1. The van der Waals surface area contributed by atoms with Crippen molar-refractivity contribution >= 4 is 34.6 Å². The van der Waals surface area contributed by atoms with E-state index in [4.69, 9.17) is 22.1 Å². The number of rotatable bonds is 6. The number of aliphatic hydroxyl groups is 1. The van der Waals surface area contributed by atoms with Gasteiger partial charge in [-0.2, -0.15) is 0 Å². The lowest BCUT2D eigenvalue weighted by atomic mass is 9.90. The molecule has 1 aromatic rings. The van der Waals surface area contributed by atoms with Gasteiger partial charge in [-0.15, -0.1) is 0 Å². The molecule has 0 aliphatic carbocycles. The molecule has 156 valence electrons. The van der Waals surface area contributed by atoms with Gasteiger partial charge in [0.1, 0.15) is 12.1 Å². The summed E-state index contributed by atoms with van der Waals surface area (Å²) < 4.78 is 7.11. The maximum atomic E-state index is 12.7. The zero-order valence-corrected chi connectivity index (χ0v) is 18.0. The molecule has 1 saturated heterocycles. The SMILES string of the molecule is CC(C)(C)[C@@H](O)C(=O)SN1CCOC[C@@H]1C(=O)NCc1cc(Cl)ccc1CN. The Balaban J connectivity index is 2.02. The van der Waals surface area contributed by atoms with Gasteiger partial charge in [0.2, 0.25) is 11.0 Å². The topological polar surface area (TPSA) is 105 Å². The molecule has 0 saturated carbocycles. The van der Waals surface area contributed by atoms with Gasteiger partial charge in [-0.3, -0.25) is 9.59 Å². The van der Waals surface area contributed by atoms with Crippen LogP contribution in [-0.4, -0.2) is 52.3 Å². The molecular formula is C19H28ClN3O4S. The van der Waals surface area contributed by atoms with E-state index < -0.39 is 17.6 Å². The lowest BCUT2D eigenvalue weighted by Crippen LogP contribution is -2.51. The van der Waals surface area contributed by atoms with E-state index in [0.29, 0.717) is 24.7 Å². The number of carbonyl (C=O) groups excluding carboxylic acids is 2. The summed E-state index contributed by atoms with van der Waals surface area (Å²) in [5.41, 5.74) is 6.92. The minimum absolute atomic E-state index is 0.178. The zero-order chi connectivity index (χ0) is 20.9. The minimum atomic E-state index is -1.12. The summed E-state index contributed by atoms with van der Waals surface area (Å²) in [6.07, 6.45) is -1.12. The molecule has 0 bridgehead atoms. The van der Waals surface area contributed by atoms with Crippen LogP contribution in [0.5, 0.6) is 0 Å². The van der Waals surface area contributed by atoms with E-state index in [9.17, 15) is 14.7 Å². The van der Waals surface area contributed by atoms with Gasteiger partial charge in [0, 0.05) is 36.6 Å². The number of carbonyl (C=O) groups is 2. The highest BCUT2D eigenvalue weighted by Gasteiger charge is 2.36. The molecule has 0 spiro atoms. The lowest BCUT2D eigenvalue weighted by Gasteiger charge is -2.34. The third kappa shape index (κ3) is 6.17. The first kappa shape index (κ1) is 23.1. The number of morpholine rings is 1. The second kappa shape index (κ2) is 10.0. The molecule has 1 aromatic carbocycles. The summed E-state index contributed by atoms with van der Waals surface area (Å²) in [5.74, 6) is -0.256. The van der Waals surface area contributed by atoms with Crippen molar-refractivity contribution in [1.29, 1.82) is 0 Å². The Morgan fingerprint density at radius 3 is 2.79 bits per heavy atom. The quantitative estimate of drug-likeness (QED) is 0.591. The van der Waals surface area contributed by atoms with Gasteiger partial charge in [0.05, 0.1) is 13.2 Å². The van der Waals surface area contributed by atoms with Gasteiger partial charge >= 0.3 is 0 Å². The molecule has 1 amide bonds. The number of hydrogen-bond donors (Lipinski definition) is 3. The van der Waals surface area contributed by atoms with E-state index in [-0.39, 0.29) is 24.2 Å². The molecule has 1 aliphatic heterocycles. The number of aliphatic hydroxyl groups excluding tert-OH is 1. The highest BCUT2D eigenvalue weighted by Crippen LogP contribution is 2.27. The van der Waals surface area contributed by atoms with Crippen LogP contribution in [0.15, 0.2) is 18.2 Å². The van der Waals surface area contributed by atoms with Crippen molar-refractivity contribution in [3.8, 4) is 0 Å². The Bertz CT molecular complexity index is 711. The number of nitrogens with two attached hydrogens (primary N) is 1. The van der Waals surface area contributed by atoms with Crippen LogP contribution in [0.4, 0.5) is 0 Å². The molecule has 1 heterocycles. The van der Waals surface area contributed by atoms with Crippen LogP contribution in [-0.2, 0) is 27.4 Å². The highest BCUT2D eigenvalue weighted by molar-refractivity contribution is 8.11. The van der Waals surface area contributed by atoms with Crippen molar-refractivity contribution in [1.82, 2.24) is 9.62 Å². The van der Waals surface area contributed by atoms with Crippen LogP contribution in [0, 0.1) is 5.41 Å². The largest absolute Gasteiger partial charge is 0.384 e. The summed E-state index contributed by atoms with van der Waals surface area (Å²) >= 11 is 6.92. The van der Waals surface area contributed by atoms with Gasteiger partial charge in [-0.05, 0) is 28.7 Å². The van der Waals surface area contributed by atoms with Crippen molar-refractivity contribution < 1.29 is 19.4 Å². The van der Waals surface area contributed by atoms with Crippen molar-refractivity contribution in [2.45, 2.75) is 46.0 Å². The maximum Gasteiger partial charge on any atom is 0.240 e. The van der Waals surface area contributed by atoms with E-state index >= 15 is 0 Å². The molecule has 2 rings (SSSR count). The summed E-state index contributed by atoms with van der Waals surface area (Å²) in [6.45, 7) is 7.00. The normalized spacial score (nSPS) is 19.3. The smallest absolute Gasteiger partial charge is 0.240 e. The maximum absolute atomic E-state index is 12.7. The van der Waals surface area contributed by atoms with Crippen LogP contribution >= 0.6 is 23.5 Å². The Morgan fingerprint density at radius 1 is 1.43 bits per heavy atom. The van der Waals surface area contributed by atoms with E-state index in [2.05, 4.69) is 5.32 Å². The fourth-order valence-corrected chi connectivity index (χ4v) is 4.01. The fraction of sp³-hybridized carbons (Fsp3) is 0.579. The second-order valence-electron chi connectivity index (χ2n) is 7.75. The predicted molar refractivity (Wildman–Crippen MR) is 111 cm³/mol. The van der Waals surface area contributed by atoms with Crippen molar-refractivity contribution in [2.24, 2.45) is 11.1 Å². The summed E-state index contributed by atoms with van der Waals surface area (Å²) in [6, 6.07) is 4.74. The van der Waals surface area contributed by atoms with Crippen LogP contribution < -0.4 is 11.1 Å². The first-order valence-corrected chi connectivity index (χ1v) is 10.3. The Hall–Kier alpha value is -1.16. The number of nitrogens with one attached hydrogen (secondary N) is 1. The Labute approximate surface area is 175 Å². The summed E-state index contributed by atoms with van der Waals surface area (Å²) in [7, 11) is 0. The monoisotopic (exact) mass is 429 g/mol. The highest BCUT2D eigenvalue weighted by atomic mass is 35.5. The standard InChI is InChI=1S/C19H28ClN3O4S/c1-19(2,3)16(24)18(26)28-23-6-7-27-11-15(23)17(25)22-10-13-8-14(20)5-4-12(13)9-21/h4-5,8,15-16,24H,6-7,9-11,21H2,1-3H3,(H,22,25)/t15-,16+/m1/s1.